The van der Waals surface area contributed by atoms with E-state index in [-0.39, 0.29) is 5.04 Å². The van der Waals surface area contributed by atoms with Crippen molar-refractivity contribution in [1.29, 1.82) is 0 Å². The number of hydrogen-bond donors (Lipinski definition) is 0. The number of benzene rings is 2. The number of rotatable bonds is 3. The van der Waals surface area contributed by atoms with E-state index in [0.29, 0.717) is 0 Å². The standard InChI is InChI=1S/C24H30Si/c1-17-12-11-15-23(20(17)4)25(7,22-13-9-8-10-14-22)24(6)16-18(2)19(3)21(24)5/h8-16H,1-7H3. The van der Waals surface area contributed by atoms with Crippen LogP contribution in [-0.4, -0.2) is 8.07 Å². The summed E-state index contributed by atoms with van der Waals surface area (Å²) < 4.78 is 0. The molecule has 2 unspecified atom stereocenters. The van der Waals surface area contributed by atoms with Crippen LogP contribution < -0.4 is 10.4 Å². The minimum atomic E-state index is -2.05. The van der Waals surface area contributed by atoms with E-state index in [1.54, 1.807) is 10.8 Å². The molecule has 0 radical (unpaired) electrons. The Morgan fingerprint density at radius 3 is 2.00 bits per heavy atom. The van der Waals surface area contributed by atoms with E-state index < -0.39 is 8.07 Å². The van der Waals surface area contributed by atoms with E-state index in [9.17, 15) is 0 Å². The molecular weight excluding hydrogens is 316 g/mol. The van der Waals surface area contributed by atoms with Crippen molar-refractivity contribution in [3.63, 3.8) is 0 Å². The summed E-state index contributed by atoms with van der Waals surface area (Å²) in [4.78, 5) is 0. The first-order valence-corrected chi connectivity index (χ1v) is 11.7. The van der Waals surface area contributed by atoms with Gasteiger partial charge in [-0.25, -0.2) is 0 Å². The second kappa shape index (κ2) is 6.14. The zero-order valence-electron chi connectivity index (χ0n) is 16.7. The SMILES string of the molecule is CC1=CC(C)([Si](C)(c2ccccc2)c2cccc(C)c2C)C(C)=C1C. The smallest absolute Gasteiger partial charge is 0.0733 e. The zero-order valence-corrected chi connectivity index (χ0v) is 17.7. The van der Waals surface area contributed by atoms with E-state index in [2.05, 4.69) is 103 Å². The van der Waals surface area contributed by atoms with Gasteiger partial charge in [0, 0.05) is 5.04 Å². The molecule has 25 heavy (non-hydrogen) atoms. The fourth-order valence-corrected chi connectivity index (χ4v) is 9.80. The van der Waals surface area contributed by atoms with Gasteiger partial charge in [0.2, 0.25) is 0 Å². The van der Waals surface area contributed by atoms with Gasteiger partial charge in [-0.3, -0.25) is 0 Å². The van der Waals surface area contributed by atoms with Crippen molar-refractivity contribution < 1.29 is 0 Å². The second-order valence-electron chi connectivity index (χ2n) is 8.02. The van der Waals surface area contributed by atoms with Crippen LogP contribution in [0.15, 0.2) is 71.3 Å². The molecule has 1 heteroatoms. The molecule has 0 aromatic heterocycles. The first-order valence-electron chi connectivity index (χ1n) is 9.23. The Hall–Kier alpha value is -1.86. The van der Waals surface area contributed by atoms with Crippen LogP contribution in [0.25, 0.3) is 0 Å². The highest BCUT2D eigenvalue weighted by Crippen LogP contribution is 2.53. The zero-order chi connectivity index (χ0) is 18.4. The number of aryl methyl sites for hydroxylation is 1. The first kappa shape index (κ1) is 17.9. The lowest BCUT2D eigenvalue weighted by Crippen LogP contribution is -2.63. The molecule has 0 saturated carbocycles. The van der Waals surface area contributed by atoms with E-state index in [1.165, 1.54) is 27.5 Å². The summed E-state index contributed by atoms with van der Waals surface area (Å²) in [7, 11) is -2.05. The topological polar surface area (TPSA) is 0 Å². The van der Waals surface area contributed by atoms with Gasteiger partial charge in [0.1, 0.15) is 8.07 Å². The Kier molecular flexibility index (Phi) is 4.41. The van der Waals surface area contributed by atoms with E-state index in [4.69, 9.17) is 0 Å². The number of allylic oxidation sites excluding steroid dienone is 4. The lowest BCUT2D eigenvalue weighted by molar-refractivity contribution is 0.864. The Bertz CT molecular complexity index is 872. The summed E-state index contributed by atoms with van der Waals surface area (Å²) >= 11 is 0. The Morgan fingerprint density at radius 1 is 0.800 bits per heavy atom. The third-order valence-electron chi connectivity index (χ3n) is 6.97. The molecule has 2 aromatic carbocycles. The molecule has 3 rings (SSSR count). The molecule has 2 aromatic rings. The highest BCUT2D eigenvalue weighted by atomic mass is 28.3. The van der Waals surface area contributed by atoms with Gasteiger partial charge in [-0.2, -0.15) is 0 Å². The fraction of sp³-hybridized carbons (Fsp3) is 0.333. The van der Waals surface area contributed by atoms with Crippen LogP contribution in [-0.2, 0) is 0 Å². The van der Waals surface area contributed by atoms with Crippen molar-refractivity contribution in [2.75, 3.05) is 0 Å². The van der Waals surface area contributed by atoms with Gasteiger partial charge in [-0.1, -0.05) is 89.6 Å². The molecule has 0 N–H and O–H groups in total. The molecular formula is C24H30Si. The van der Waals surface area contributed by atoms with Crippen LogP contribution in [0.2, 0.25) is 11.6 Å². The predicted octanol–water partition coefficient (Wildman–Crippen LogP) is 5.55. The summed E-state index contributed by atoms with van der Waals surface area (Å²) in [5.41, 5.74) is 7.32. The lowest BCUT2D eigenvalue weighted by atomic mass is 10.0. The van der Waals surface area contributed by atoms with Crippen molar-refractivity contribution >= 4 is 18.4 Å². The van der Waals surface area contributed by atoms with Crippen LogP contribution in [0.5, 0.6) is 0 Å². The van der Waals surface area contributed by atoms with Gasteiger partial charge in [0.05, 0.1) is 0 Å². The molecule has 0 bridgehead atoms. The molecule has 0 aliphatic heterocycles. The van der Waals surface area contributed by atoms with Crippen LogP contribution in [0.4, 0.5) is 0 Å². The first-order chi connectivity index (χ1) is 11.7. The molecule has 1 aliphatic carbocycles. The van der Waals surface area contributed by atoms with Gasteiger partial charge in [-0.15, -0.1) is 0 Å². The minimum absolute atomic E-state index is 0.0983. The quantitative estimate of drug-likeness (QED) is 0.639. The highest BCUT2D eigenvalue weighted by molar-refractivity contribution is 7.04. The van der Waals surface area contributed by atoms with Gasteiger partial charge in [-0.05, 0) is 51.3 Å². The normalized spacial score (nSPS) is 22.8. The van der Waals surface area contributed by atoms with Gasteiger partial charge in [0.15, 0.2) is 0 Å². The monoisotopic (exact) mass is 346 g/mol. The summed E-state index contributed by atoms with van der Waals surface area (Å²) in [5, 5.41) is 3.18. The molecule has 1 aliphatic rings. The average molecular weight is 347 g/mol. The Labute approximate surface area is 154 Å². The van der Waals surface area contributed by atoms with Crippen LogP contribution in [0.3, 0.4) is 0 Å². The van der Waals surface area contributed by atoms with Gasteiger partial charge in [0.25, 0.3) is 0 Å². The van der Waals surface area contributed by atoms with Crippen LogP contribution >= 0.6 is 0 Å². The average Bonchev–Trinajstić information content (AvgIpc) is 2.81. The molecule has 0 amide bonds. The maximum absolute atomic E-state index is 2.57. The second-order valence-corrected chi connectivity index (χ2v) is 12.4. The van der Waals surface area contributed by atoms with Crippen molar-refractivity contribution in [2.24, 2.45) is 0 Å². The van der Waals surface area contributed by atoms with E-state index in [0.717, 1.165) is 0 Å². The van der Waals surface area contributed by atoms with Crippen LogP contribution in [0, 0.1) is 13.8 Å². The largest absolute Gasteiger partial charge is 0.128 e. The van der Waals surface area contributed by atoms with Crippen molar-refractivity contribution in [2.45, 2.75) is 53.1 Å². The third-order valence-corrected chi connectivity index (χ3v) is 12.7. The molecule has 0 fully saturated rings. The van der Waals surface area contributed by atoms with Crippen molar-refractivity contribution in [1.82, 2.24) is 0 Å². The molecule has 2 atom stereocenters. The van der Waals surface area contributed by atoms with Crippen molar-refractivity contribution in [3.05, 3.63) is 82.5 Å². The minimum Gasteiger partial charge on any atom is -0.0733 e. The maximum atomic E-state index is 2.57. The Morgan fingerprint density at radius 2 is 1.44 bits per heavy atom. The predicted molar refractivity (Wildman–Crippen MR) is 114 cm³/mol. The van der Waals surface area contributed by atoms with Crippen LogP contribution in [0.1, 0.15) is 38.8 Å². The maximum Gasteiger partial charge on any atom is 0.128 e. The van der Waals surface area contributed by atoms with Gasteiger partial charge < -0.3 is 0 Å². The summed E-state index contributed by atoms with van der Waals surface area (Å²) in [6.45, 7) is 16.5. The molecule has 0 saturated heterocycles. The Balaban J connectivity index is 2.39. The summed E-state index contributed by atoms with van der Waals surface area (Å²) in [5.74, 6) is 0. The lowest BCUT2D eigenvalue weighted by Gasteiger charge is -2.45. The van der Waals surface area contributed by atoms with E-state index in [1.807, 2.05) is 0 Å². The molecule has 130 valence electrons. The van der Waals surface area contributed by atoms with Crippen molar-refractivity contribution in [3.8, 4) is 0 Å². The van der Waals surface area contributed by atoms with E-state index >= 15 is 0 Å². The highest BCUT2D eigenvalue weighted by Gasteiger charge is 2.51. The third kappa shape index (κ3) is 2.48. The van der Waals surface area contributed by atoms with Gasteiger partial charge >= 0.3 is 0 Å². The summed E-state index contributed by atoms with van der Waals surface area (Å²) in [6.07, 6.45) is 2.55. The molecule has 0 heterocycles. The summed E-state index contributed by atoms with van der Waals surface area (Å²) in [6, 6.07) is 18.1. The molecule has 0 spiro atoms. The fourth-order valence-electron chi connectivity index (χ4n) is 4.65. The molecule has 0 nitrogen and oxygen atoms in total. The number of hydrogen-bond acceptors (Lipinski definition) is 0.